The van der Waals surface area contributed by atoms with Gasteiger partial charge >= 0.3 is 0 Å². The molecule has 0 aliphatic carbocycles. The molecule has 0 bridgehead atoms. The molecule has 4 heteroatoms. The summed E-state index contributed by atoms with van der Waals surface area (Å²) in [6, 6.07) is 8.97. The Hall–Kier alpha value is -1.81. The zero-order chi connectivity index (χ0) is 15.6. The summed E-state index contributed by atoms with van der Waals surface area (Å²) in [7, 11) is 0. The normalized spacial score (nSPS) is 10.5. The van der Waals surface area contributed by atoms with Crippen molar-refractivity contribution in [2.45, 2.75) is 32.2 Å². The van der Waals surface area contributed by atoms with Crippen molar-refractivity contribution in [2.75, 3.05) is 0 Å². The summed E-state index contributed by atoms with van der Waals surface area (Å²) in [6.07, 6.45) is 0. The maximum atomic E-state index is 13.6. The average molecular weight is 303 g/mol. The first-order valence-corrected chi connectivity index (χ1v) is 7.16. The molecule has 0 atom stereocenters. The highest BCUT2D eigenvalue weighted by Gasteiger charge is 2.10. The lowest BCUT2D eigenvalue weighted by atomic mass is 10.1. The van der Waals surface area contributed by atoms with Crippen LogP contribution >= 0.6 is 12.6 Å². The van der Waals surface area contributed by atoms with Gasteiger partial charge in [-0.3, -0.25) is 4.79 Å². The predicted octanol–water partition coefficient (Wildman–Crippen LogP) is 3.97. The van der Waals surface area contributed by atoms with E-state index in [1.807, 2.05) is 19.1 Å². The van der Waals surface area contributed by atoms with Gasteiger partial charge in [-0.25, -0.2) is 4.39 Å². The van der Waals surface area contributed by atoms with Gasteiger partial charge in [0.15, 0.2) is 0 Å². The van der Waals surface area contributed by atoms with Gasteiger partial charge in [-0.1, -0.05) is 18.2 Å². The van der Waals surface area contributed by atoms with E-state index in [9.17, 15) is 9.18 Å². The lowest BCUT2D eigenvalue weighted by molar-refractivity contribution is 0.0950. The fourth-order valence-electron chi connectivity index (χ4n) is 2.27. The smallest absolute Gasteiger partial charge is 0.251 e. The van der Waals surface area contributed by atoms with Crippen LogP contribution in [0.5, 0.6) is 0 Å². The van der Waals surface area contributed by atoms with E-state index in [2.05, 4.69) is 17.9 Å². The van der Waals surface area contributed by atoms with Gasteiger partial charge in [-0.15, -0.1) is 12.6 Å². The van der Waals surface area contributed by atoms with Crippen LogP contribution in [0.4, 0.5) is 4.39 Å². The van der Waals surface area contributed by atoms with Gasteiger partial charge in [0, 0.05) is 17.0 Å². The first-order valence-electron chi connectivity index (χ1n) is 6.72. The third-order valence-electron chi connectivity index (χ3n) is 3.42. The molecule has 0 radical (unpaired) electrons. The van der Waals surface area contributed by atoms with E-state index in [1.54, 1.807) is 32.0 Å². The van der Waals surface area contributed by atoms with Gasteiger partial charge in [0.25, 0.3) is 5.91 Å². The zero-order valence-corrected chi connectivity index (χ0v) is 13.2. The SMILES string of the molecule is Cc1ccc(S)cc1C(=O)NCc1cc(C)c(F)c(C)c1. The first-order chi connectivity index (χ1) is 9.88. The van der Waals surface area contributed by atoms with Gasteiger partial charge in [0.05, 0.1) is 0 Å². The van der Waals surface area contributed by atoms with Crippen LogP contribution < -0.4 is 5.32 Å². The molecule has 1 N–H and O–H groups in total. The number of rotatable bonds is 3. The van der Waals surface area contributed by atoms with Crippen molar-refractivity contribution in [1.29, 1.82) is 0 Å². The Morgan fingerprint density at radius 2 is 1.71 bits per heavy atom. The molecule has 2 aromatic carbocycles. The number of hydrogen-bond donors (Lipinski definition) is 2. The Morgan fingerprint density at radius 1 is 1.10 bits per heavy atom. The number of carbonyl (C=O) groups excluding carboxylic acids is 1. The van der Waals surface area contributed by atoms with E-state index in [1.165, 1.54) is 0 Å². The van der Waals surface area contributed by atoms with Crippen LogP contribution in [-0.4, -0.2) is 5.91 Å². The summed E-state index contributed by atoms with van der Waals surface area (Å²) in [5.41, 5.74) is 3.58. The molecule has 0 saturated carbocycles. The van der Waals surface area contributed by atoms with Crippen molar-refractivity contribution < 1.29 is 9.18 Å². The van der Waals surface area contributed by atoms with E-state index in [4.69, 9.17) is 0 Å². The van der Waals surface area contributed by atoms with Crippen molar-refractivity contribution in [2.24, 2.45) is 0 Å². The third-order valence-corrected chi connectivity index (χ3v) is 3.69. The highest BCUT2D eigenvalue weighted by Crippen LogP contribution is 2.16. The van der Waals surface area contributed by atoms with Crippen LogP contribution in [0, 0.1) is 26.6 Å². The van der Waals surface area contributed by atoms with E-state index in [0.29, 0.717) is 23.2 Å². The van der Waals surface area contributed by atoms with Crippen molar-refractivity contribution in [3.63, 3.8) is 0 Å². The highest BCUT2D eigenvalue weighted by molar-refractivity contribution is 7.80. The second-order valence-corrected chi connectivity index (χ2v) is 5.74. The monoisotopic (exact) mass is 303 g/mol. The Labute approximate surface area is 129 Å². The van der Waals surface area contributed by atoms with Gasteiger partial charge in [0.2, 0.25) is 0 Å². The summed E-state index contributed by atoms with van der Waals surface area (Å²) in [5, 5.41) is 2.86. The Kier molecular flexibility index (Phi) is 4.68. The van der Waals surface area contributed by atoms with Crippen molar-refractivity contribution in [3.8, 4) is 0 Å². The number of hydrogen-bond acceptors (Lipinski definition) is 2. The molecule has 0 spiro atoms. The number of halogens is 1. The van der Waals surface area contributed by atoms with E-state index in [-0.39, 0.29) is 11.7 Å². The number of benzene rings is 2. The first kappa shape index (κ1) is 15.6. The maximum Gasteiger partial charge on any atom is 0.251 e. The number of thiol groups is 1. The Bertz CT molecular complexity index is 674. The molecule has 0 aromatic heterocycles. The molecule has 1 amide bonds. The van der Waals surface area contributed by atoms with Crippen LogP contribution in [0.1, 0.15) is 32.6 Å². The predicted molar refractivity (Wildman–Crippen MR) is 85.5 cm³/mol. The highest BCUT2D eigenvalue weighted by atomic mass is 32.1. The lowest BCUT2D eigenvalue weighted by Gasteiger charge is -2.10. The Balaban J connectivity index is 2.13. The van der Waals surface area contributed by atoms with Gasteiger partial charge in [0.1, 0.15) is 5.82 Å². The molecule has 2 aromatic rings. The van der Waals surface area contributed by atoms with Crippen LogP contribution in [0.2, 0.25) is 0 Å². The molecule has 110 valence electrons. The summed E-state index contributed by atoms with van der Waals surface area (Å²) < 4.78 is 13.6. The Morgan fingerprint density at radius 3 is 2.33 bits per heavy atom. The molecule has 2 nitrogen and oxygen atoms in total. The van der Waals surface area contributed by atoms with E-state index >= 15 is 0 Å². The van der Waals surface area contributed by atoms with Gasteiger partial charge in [-0.05, 0) is 55.2 Å². The van der Waals surface area contributed by atoms with Gasteiger partial charge < -0.3 is 5.32 Å². The second kappa shape index (κ2) is 6.31. The topological polar surface area (TPSA) is 29.1 Å². The van der Waals surface area contributed by atoms with Crippen molar-refractivity contribution in [1.82, 2.24) is 5.32 Å². The standard InChI is InChI=1S/C17H18FNOS/c1-10-4-5-14(21)8-15(10)17(20)19-9-13-6-11(2)16(18)12(3)7-13/h4-8,21H,9H2,1-3H3,(H,19,20). The molecule has 21 heavy (non-hydrogen) atoms. The quantitative estimate of drug-likeness (QED) is 0.825. The van der Waals surface area contributed by atoms with Crippen LogP contribution in [0.25, 0.3) is 0 Å². The zero-order valence-electron chi connectivity index (χ0n) is 12.3. The molecule has 0 saturated heterocycles. The average Bonchev–Trinajstić information content (AvgIpc) is 2.44. The number of carbonyl (C=O) groups is 1. The van der Waals surface area contributed by atoms with Gasteiger partial charge in [-0.2, -0.15) is 0 Å². The molecular weight excluding hydrogens is 285 g/mol. The lowest BCUT2D eigenvalue weighted by Crippen LogP contribution is -2.23. The fourth-order valence-corrected chi connectivity index (χ4v) is 2.47. The summed E-state index contributed by atoms with van der Waals surface area (Å²) in [5.74, 6) is -0.341. The largest absolute Gasteiger partial charge is 0.348 e. The molecule has 0 heterocycles. The molecule has 0 unspecified atom stereocenters. The second-order valence-electron chi connectivity index (χ2n) is 5.23. The number of amides is 1. The minimum atomic E-state index is -0.191. The molecular formula is C17H18FNOS. The number of nitrogens with one attached hydrogen (secondary N) is 1. The summed E-state index contributed by atoms with van der Waals surface area (Å²) in [4.78, 5) is 13.0. The minimum Gasteiger partial charge on any atom is -0.348 e. The molecule has 2 rings (SSSR count). The van der Waals surface area contributed by atoms with Crippen molar-refractivity contribution >= 4 is 18.5 Å². The molecule has 0 aliphatic heterocycles. The number of aryl methyl sites for hydroxylation is 3. The van der Waals surface area contributed by atoms with Crippen molar-refractivity contribution in [3.05, 3.63) is 64.0 Å². The van der Waals surface area contributed by atoms with E-state index in [0.717, 1.165) is 16.0 Å². The molecule has 0 fully saturated rings. The third kappa shape index (κ3) is 3.64. The van der Waals surface area contributed by atoms with Crippen LogP contribution in [-0.2, 0) is 6.54 Å². The summed E-state index contributed by atoms with van der Waals surface area (Å²) >= 11 is 4.25. The summed E-state index contributed by atoms with van der Waals surface area (Å²) in [6.45, 7) is 5.70. The minimum absolute atomic E-state index is 0.150. The van der Waals surface area contributed by atoms with Crippen LogP contribution in [0.15, 0.2) is 35.2 Å². The van der Waals surface area contributed by atoms with Crippen LogP contribution in [0.3, 0.4) is 0 Å². The fraction of sp³-hybridized carbons (Fsp3) is 0.235. The molecule has 0 aliphatic rings. The maximum absolute atomic E-state index is 13.6. The van der Waals surface area contributed by atoms with E-state index < -0.39 is 0 Å².